The Kier molecular flexibility index (Phi) is 4.24. The van der Waals surface area contributed by atoms with Crippen LogP contribution in [0.1, 0.15) is 11.1 Å². The van der Waals surface area contributed by atoms with Gasteiger partial charge in [0.1, 0.15) is 10.8 Å². The molecule has 0 amide bonds. The van der Waals surface area contributed by atoms with E-state index >= 15 is 0 Å². The van der Waals surface area contributed by atoms with E-state index in [9.17, 15) is 12.8 Å². The lowest BCUT2D eigenvalue weighted by atomic mass is 10.2. The van der Waals surface area contributed by atoms with Gasteiger partial charge < -0.3 is 5.73 Å². The fraction of sp³-hybridized carbons (Fsp3) is 0.0714. The number of nitrogens with two attached hydrogens (primary N) is 1. The van der Waals surface area contributed by atoms with Crippen molar-refractivity contribution in [1.82, 2.24) is 0 Å². The molecule has 0 aromatic heterocycles. The van der Waals surface area contributed by atoms with Crippen LogP contribution in [-0.4, -0.2) is 13.4 Å². The molecule has 2 aromatic rings. The Morgan fingerprint density at radius 1 is 1.19 bits per heavy atom. The Morgan fingerprint density at radius 3 is 2.38 bits per heavy atom. The molecule has 4 nitrogen and oxygen atoms in total. The first-order chi connectivity index (χ1) is 9.81. The van der Waals surface area contributed by atoms with Crippen molar-refractivity contribution in [2.45, 2.75) is 11.8 Å². The maximum atomic E-state index is 13.7. The van der Waals surface area contributed by atoms with Crippen LogP contribution < -0.4 is 10.5 Å². The van der Waals surface area contributed by atoms with Crippen molar-refractivity contribution in [3.8, 4) is 0 Å². The van der Waals surface area contributed by atoms with Crippen LogP contribution in [0, 0.1) is 12.7 Å². The van der Waals surface area contributed by atoms with Gasteiger partial charge in [-0.25, -0.2) is 12.8 Å². The van der Waals surface area contributed by atoms with Crippen LogP contribution in [0.15, 0.2) is 47.4 Å². The van der Waals surface area contributed by atoms with Crippen LogP contribution in [0.3, 0.4) is 0 Å². The lowest BCUT2D eigenvalue weighted by Crippen LogP contribution is -2.19. The SMILES string of the molecule is Cc1ccc(S(=O)(=O)Nc2cccc(F)c2C(N)=S)cc1. The third kappa shape index (κ3) is 3.37. The van der Waals surface area contributed by atoms with Crippen LogP contribution in [0.4, 0.5) is 10.1 Å². The monoisotopic (exact) mass is 324 g/mol. The highest BCUT2D eigenvalue weighted by atomic mass is 32.2. The molecule has 0 bridgehead atoms. The van der Waals surface area contributed by atoms with E-state index in [1.54, 1.807) is 12.1 Å². The Bertz CT molecular complexity index is 787. The van der Waals surface area contributed by atoms with Crippen LogP contribution >= 0.6 is 12.2 Å². The number of benzene rings is 2. The van der Waals surface area contributed by atoms with Crippen molar-refractivity contribution in [3.63, 3.8) is 0 Å². The first-order valence-electron chi connectivity index (χ1n) is 5.99. The number of hydrogen-bond acceptors (Lipinski definition) is 3. The highest BCUT2D eigenvalue weighted by Crippen LogP contribution is 2.22. The molecule has 0 heterocycles. The summed E-state index contributed by atoms with van der Waals surface area (Å²) in [7, 11) is -3.83. The molecule has 0 saturated heterocycles. The van der Waals surface area contributed by atoms with E-state index in [0.29, 0.717) is 0 Å². The first kappa shape index (κ1) is 15.4. The molecular weight excluding hydrogens is 311 g/mol. The Hall–Kier alpha value is -1.99. The van der Waals surface area contributed by atoms with Crippen LogP contribution in [0.5, 0.6) is 0 Å². The van der Waals surface area contributed by atoms with Gasteiger partial charge in [0.25, 0.3) is 10.0 Å². The molecule has 0 fully saturated rings. The minimum atomic E-state index is -3.83. The van der Waals surface area contributed by atoms with Gasteiger partial charge in [0.05, 0.1) is 16.1 Å². The van der Waals surface area contributed by atoms with Gasteiger partial charge in [-0.2, -0.15) is 0 Å². The number of sulfonamides is 1. The molecule has 0 saturated carbocycles. The fourth-order valence-electron chi connectivity index (χ4n) is 1.78. The van der Waals surface area contributed by atoms with Gasteiger partial charge in [0, 0.05) is 0 Å². The van der Waals surface area contributed by atoms with Crippen LogP contribution in [-0.2, 0) is 10.0 Å². The first-order valence-corrected chi connectivity index (χ1v) is 7.88. The topological polar surface area (TPSA) is 72.2 Å². The molecule has 2 aromatic carbocycles. The molecule has 2 rings (SSSR count). The van der Waals surface area contributed by atoms with E-state index in [1.165, 1.54) is 24.3 Å². The number of thiocarbonyl (C=S) groups is 1. The molecular formula is C14H13FN2O2S2. The van der Waals surface area contributed by atoms with Crippen molar-refractivity contribution < 1.29 is 12.8 Å². The normalized spacial score (nSPS) is 11.1. The van der Waals surface area contributed by atoms with Crippen LogP contribution in [0.25, 0.3) is 0 Å². The smallest absolute Gasteiger partial charge is 0.261 e. The summed E-state index contributed by atoms with van der Waals surface area (Å²) >= 11 is 4.76. The zero-order valence-electron chi connectivity index (χ0n) is 11.1. The third-order valence-corrected chi connectivity index (χ3v) is 4.42. The Morgan fingerprint density at radius 2 is 1.81 bits per heavy atom. The second kappa shape index (κ2) is 5.79. The molecule has 0 atom stereocenters. The quantitative estimate of drug-likeness (QED) is 0.848. The number of rotatable bonds is 4. The minimum Gasteiger partial charge on any atom is -0.389 e. The van der Waals surface area contributed by atoms with E-state index < -0.39 is 15.8 Å². The van der Waals surface area contributed by atoms with Crippen LogP contribution in [0.2, 0.25) is 0 Å². The number of anilines is 1. The van der Waals surface area contributed by atoms with Gasteiger partial charge in [0.2, 0.25) is 0 Å². The molecule has 0 spiro atoms. The van der Waals surface area contributed by atoms with Crippen molar-refractivity contribution >= 4 is 32.9 Å². The minimum absolute atomic E-state index is 0.0167. The van der Waals surface area contributed by atoms with Gasteiger partial charge in [-0.15, -0.1) is 0 Å². The summed E-state index contributed by atoms with van der Waals surface area (Å²) in [5.74, 6) is -0.674. The average molecular weight is 324 g/mol. The second-order valence-electron chi connectivity index (χ2n) is 4.45. The predicted molar refractivity (Wildman–Crippen MR) is 84.3 cm³/mol. The summed E-state index contributed by atoms with van der Waals surface area (Å²) in [6.07, 6.45) is 0. The Balaban J connectivity index is 2.44. The predicted octanol–water partition coefficient (Wildman–Crippen LogP) is 2.57. The second-order valence-corrected chi connectivity index (χ2v) is 6.57. The van der Waals surface area contributed by atoms with E-state index in [0.717, 1.165) is 11.6 Å². The average Bonchev–Trinajstić information content (AvgIpc) is 2.38. The molecule has 0 unspecified atom stereocenters. The number of aryl methyl sites for hydroxylation is 1. The lowest BCUT2D eigenvalue weighted by molar-refractivity contribution is 0.601. The summed E-state index contributed by atoms with van der Waals surface area (Å²) in [6, 6.07) is 10.2. The molecule has 0 aliphatic carbocycles. The van der Waals surface area contributed by atoms with E-state index in [4.69, 9.17) is 18.0 Å². The van der Waals surface area contributed by atoms with Gasteiger partial charge in [-0.05, 0) is 31.2 Å². The highest BCUT2D eigenvalue weighted by molar-refractivity contribution is 7.92. The molecule has 0 radical (unpaired) electrons. The number of hydrogen-bond donors (Lipinski definition) is 2. The van der Waals surface area contributed by atoms with E-state index in [2.05, 4.69) is 4.72 Å². The maximum Gasteiger partial charge on any atom is 0.261 e. The number of halogens is 1. The van der Waals surface area contributed by atoms with Gasteiger partial charge in [-0.3, -0.25) is 4.72 Å². The van der Waals surface area contributed by atoms with Gasteiger partial charge in [-0.1, -0.05) is 36.0 Å². The van der Waals surface area contributed by atoms with Crippen molar-refractivity contribution in [3.05, 3.63) is 59.4 Å². The van der Waals surface area contributed by atoms with E-state index in [-0.39, 0.29) is 21.1 Å². The van der Waals surface area contributed by atoms with Gasteiger partial charge >= 0.3 is 0 Å². The fourth-order valence-corrected chi connectivity index (χ4v) is 3.06. The molecule has 7 heteroatoms. The van der Waals surface area contributed by atoms with Crippen molar-refractivity contribution in [2.24, 2.45) is 5.73 Å². The molecule has 3 N–H and O–H groups in total. The van der Waals surface area contributed by atoms with Gasteiger partial charge in [0.15, 0.2) is 0 Å². The summed E-state index contributed by atoms with van der Waals surface area (Å²) in [4.78, 5) is -0.138. The zero-order chi connectivity index (χ0) is 15.6. The Labute approximate surface area is 127 Å². The summed E-state index contributed by atoms with van der Waals surface area (Å²) in [5, 5.41) is 0. The third-order valence-electron chi connectivity index (χ3n) is 2.84. The molecule has 110 valence electrons. The highest BCUT2D eigenvalue weighted by Gasteiger charge is 2.18. The summed E-state index contributed by atoms with van der Waals surface area (Å²) < 4.78 is 40.6. The maximum absolute atomic E-state index is 13.7. The van der Waals surface area contributed by atoms with Crippen molar-refractivity contribution in [1.29, 1.82) is 0 Å². The number of nitrogens with one attached hydrogen (secondary N) is 1. The molecule has 0 aliphatic rings. The zero-order valence-corrected chi connectivity index (χ0v) is 12.8. The lowest BCUT2D eigenvalue weighted by Gasteiger charge is -2.12. The summed E-state index contributed by atoms with van der Waals surface area (Å²) in [6.45, 7) is 1.85. The standard InChI is InChI=1S/C14H13FN2O2S2/c1-9-5-7-10(8-6-9)21(18,19)17-12-4-2-3-11(15)13(12)14(16)20/h2-8,17H,1H3,(H2,16,20). The van der Waals surface area contributed by atoms with Crippen molar-refractivity contribution in [2.75, 3.05) is 4.72 Å². The largest absolute Gasteiger partial charge is 0.389 e. The molecule has 0 aliphatic heterocycles. The summed E-state index contributed by atoms with van der Waals surface area (Å²) in [5.41, 5.74) is 6.28. The molecule has 21 heavy (non-hydrogen) atoms. The van der Waals surface area contributed by atoms with E-state index in [1.807, 2.05) is 6.92 Å².